The fourth-order valence-electron chi connectivity index (χ4n) is 2.88. The molecule has 6 nitrogen and oxygen atoms in total. The number of hydrogen-bond donors (Lipinski definition) is 2. The molecule has 0 aromatic heterocycles. The van der Waals surface area contributed by atoms with Gasteiger partial charge in [0.25, 0.3) is 5.91 Å². The number of ether oxygens (including phenoxy) is 2. The number of nitrogens with zero attached hydrogens (tertiary/aromatic N) is 1. The predicted octanol–water partition coefficient (Wildman–Crippen LogP) is 4.03. The second-order valence-electron chi connectivity index (χ2n) is 6.61. The highest BCUT2D eigenvalue weighted by Crippen LogP contribution is 2.27. The fraction of sp³-hybridized carbons (Fsp3) is 0.333. The highest BCUT2D eigenvalue weighted by Gasteiger charge is 2.17. The maximum Gasteiger partial charge on any atom is 0.257 e. The molecular weight excluding hydrogens is 378 g/mol. The number of carbonyl (C=O) groups excluding carboxylic acids is 1. The summed E-state index contributed by atoms with van der Waals surface area (Å²) in [7, 11) is 1.57. The Morgan fingerprint density at radius 1 is 1.29 bits per heavy atom. The largest absolute Gasteiger partial charge is 0.495 e. The monoisotopic (exact) mass is 401 g/mol. The molecule has 2 aromatic rings. The molecule has 1 aliphatic heterocycles. The Morgan fingerprint density at radius 2 is 2.07 bits per heavy atom. The molecule has 1 fully saturated rings. The number of guanidine groups is 1. The molecule has 1 heterocycles. The van der Waals surface area contributed by atoms with Gasteiger partial charge in [0, 0.05) is 17.2 Å². The lowest BCUT2D eigenvalue weighted by atomic mass is 10.1. The highest BCUT2D eigenvalue weighted by molar-refractivity contribution is 6.31. The van der Waals surface area contributed by atoms with Gasteiger partial charge in [0.15, 0.2) is 0 Å². The van der Waals surface area contributed by atoms with Crippen molar-refractivity contribution >= 4 is 29.2 Å². The van der Waals surface area contributed by atoms with E-state index < -0.39 is 0 Å². The SMILES string of the molecule is COc1ccc(Cl)cc1NC(=NC[C@@H]1CCCO1)NC(=O)c1ccc(C)cc1. The third kappa shape index (κ3) is 5.47. The molecule has 1 amide bonds. The average Bonchev–Trinajstić information content (AvgIpc) is 3.20. The van der Waals surface area contributed by atoms with Gasteiger partial charge in [-0.2, -0.15) is 0 Å². The molecule has 28 heavy (non-hydrogen) atoms. The van der Waals surface area contributed by atoms with Crippen LogP contribution in [0.4, 0.5) is 5.69 Å². The van der Waals surface area contributed by atoms with Crippen molar-refractivity contribution in [3.05, 3.63) is 58.6 Å². The zero-order valence-electron chi connectivity index (χ0n) is 16.0. The first-order valence-electron chi connectivity index (χ1n) is 9.20. The van der Waals surface area contributed by atoms with Crippen LogP contribution in [-0.4, -0.2) is 38.2 Å². The summed E-state index contributed by atoms with van der Waals surface area (Å²) < 4.78 is 11.0. The van der Waals surface area contributed by atoms with Crippen molar-refractivity contribution in [2.45, 2.75) is 25.9 Å². The Morgan fingerprint density at radius 3 is 2.75 bits per heavy atom. The van der Waals surface area contributed by atoms with Gasteiger partial charge in [-0.15, -0.1) is 0 Å². The summed E-state index contributed by atoms with van der Waals surface area (Å²) in [5.74, 6) is 0.667. The summed E-state index contributed by atoms with van der Waals surface area (Å²) in [6, 6.07) is 12.6. The second kappa shape index (κ2) is 9.57. The molecule has 148 valence electrons. The maximum atomic E-state index is 12.7. The van der Waals surface area contributed by atoms with Gasteiger partial charge in [-0.1, -0.05) is 29.3 Å². The van der Waals surface area contributed by atoms with Crippen molar-refractivity contribution < 1.29 is 14.3 Å². The summed E-state index contributed by atoms with van der Waals surface area (Å²) in [6.45, 7) is 3.18. The Labute approximate surface area is 169 Å². The van der Waals surface area contributed by atoms with E-state index in [4.69, 9.17) is 21.1 Å². The van der Waals surface area contributed by atoms with Crippen LogP contribution in [0.2, 0.25) is 5.02 Å². The minimum absolute atomic E-state index is 0.0642. The van der Waals surface area contributed by atoms with Gasteiger partial charge in [-0.25, -0.2) is 4.99 Å². The van der Waals surface area contributed by atoms with Crippen LogP contribution >= 0.6 is 11.6 Å². The van der Waals surface area contributed by atoms with Crippen molar-refractivity contribution in [1.82, 2.24) is 5.32 Å². The predicted molar refractivity (Wildman–Crippen MR) is 112 cm³/mol. The summed E-state index contributed by atoms with van der Waals surface area (Å²) in [6.07, 6.45) is 2.05. The quantitative estimate of drug-likeness (QED) is 0.586. The Kier molecular flexibility index (Phi) is 6.90. The van der Waals surface area contributed by atoms with Crippen molar-refractivity contribution in [3.8, 4) is 5.75 Å². The van der Waals surface area contributed by atoms with Crippen molar-refractivity contribution in [1.29, 1.82) is 0 Å². The molecule has 2 N–H and O–H groups in total. The van der Waals surface area contributed by atoms with E-state index in [0.717, 1.165) is 25.0 Å². The molecule has 0 unspecified atom stereocenters. The number of amides is 1. The zero-order valence-corrected chi connectivity index (χ0v) is 16.8. The summed E-state index contributed by atoms with van der Waals surface area (Å²) in [5.41, 5.74) is 2.26. The van der Waals surface area contributed by atoms with Gasteiger partial charge >= 0.3 is 0 Å². The van der Waals surface area contributed by atoms with E-state index in [2.05, 4.69) is 15.6 Å². The molecule has 0 bridgehead atoms. The van der Waals surface area contributed by atoms with Gasteiger partial charge in [0.1, 0.15) is 5.75 Å². The maximum absolute atomic E-state index is 12.7. The van der Waals surface area contributed by atoms with Crippen molar-refractivity contribution in [3.63, 3.8) is 0 Å². The second-order valence-corrected chi connectivity index (χ2v) is 7.05. The van der Waals surface area contributed by atoms with E-state index in [9.17, 15) is 4.79 Å². The minimum Gasteiger partial charge on any atom is -0.495 e. The third-order valence-corrected chi connectivity index (χ3v) is 4.67. The van der Waals surface area contributed by atoms with E-state index in [-0.39, 0.29) is 12.0 Å². The molecular formula is C21H24ClN3O3. The van der Waals surface area contributed by atoms with Crippen LogP contribution < -0.4 is 15.4 Å². The molecule has 0 saturated carbocycles. The van der Waals surface area contributed by atoms with Crippen LogP contribution in [0.5, 0.6) is 5.75 Å². The van der Waals surface area contributed by atoms with Crippen LogP contribution in [0.25, 0.3) is 0 Å². The first-order chi connectivity index (χ1) is 13.5. The van der Waals surface area contributed by atoms with Gasteiger partial charge < -0.3 is 14.8 Å². The van der Waals surface area contributed by atoms with Crippen LogP contribution in [0, 0.1) is 6.92 Å². The van der Waals surface area contributed by atoms with Crippen LogP contribution in [-0.2, 0) is 4.74 Å². The number of benzene rings is 2. The smallest absolute Gasteiger partial charge is 0.257 e. The summed E-state index contributed by atoms with van der Waals surface area (Å²) >= 11 is 6.11. The number of aryl methyl sites for hydroxylation is 1. The normalized spacial score (nSPS) is 16.7. The van der Waals surface area contributed by atoms with Crippen LogP contribution in [0.1, 0.15) is 28.8 Å². The number of aliphatic imine (C=N–C) groups is 1. The molecule has 3 rings (SSSR count). The van der Waals surface area contributed by atoms with Gasteiger partial charge in [0.05, 0.1) is 25.4 Å². The van der Waals surface area contributed by atoms with Crippen molar-refractivity contribution in [2.24, 2.45) is 4.99 Å². The van der Waals surface area contributed by atoms with Gasteiger partial charge in [-0.05, 0) is 50.1 Å². The lowest BCUT2D eigenvalue weighted by molar-refractivity contribution is 0.0975. The first-order valence-corrected chi connectivity index (χ1v) is 9.57. The molecule has 7 heteroatoms. The van der Waals surface area contributed by atoms with E-state index in [0.29, 0.717) is 34.5 Å². The summed E-state index contributed by atoms with van der Waals surface area (Å²) in [4.78, 5) is 17.2. The molecule has 0 spiro atoms. The highest BCUT2D eigenvalue weighted by atomic mass is 35.5. The van der Waals surface area contributed by atoms with E-state index in [1.807, 2.05) is 19.1 Å². The minimum atomic E-state index is -0.250. The molecule has 1 saturated heterocycles. The van der Waals surface area contributed by atoms with Crippen LogP contribution in [0.3, 0.4) is 0 Å². The lowest BCUT2D eigenvalue weighted by Crippen LogP contribution is -2.36. The Balaban J connectivity index is 1.80. The number of halogens is 1. The van der Waals surface area contributed by atoms with Crippen molar-refractivity contribution in [2.75, 3.05) is 25.6 Å². The molecule has 0 aliphatic carbocycles. The standard InChI is InChI=1S/C21H24ClN3O3/c1-14-5-7-15(8-6-14)20(26)25-21(23-13-17-4-3-11-28-17)24-18-12-16(22)9-10-19(18)27-2/h5-10,12,17H,3-4,11,13H2,1-2H3,(H2,23,24,25,26)/t17-/m0/s1. The first kappa shape index (κ1) is 20.2. The average molecular weight is 402 g/mol. The van der Waals surface area contributed by atoms with E-state index >= 15 is 0 Å². The Bertz CT molecular complexity index is 846. The molecule has 0 radical (unpaired) electrons. The number of hydrogen-bond acceptors (Lipinski definition) is 4. The fourth-order valence-corrected chi connectivity index (χ4v) is 3.05. The molecule has 1 aliphatic rings. The topological polar surface area (TPSA) is 71.9 Å². The molecule has 1 atom stereocenters. The number of anilines is 1. The van der Waals surface area contributed by atoms with E-state index in [1.165, 1.54) is 0 Å². The number of rotatable bonds is 5. The number of carbonyl (C=O) groups is 1. The molecule has 2 aromatic carbocycles. The lowest BCUT2D eigenvalue weighted by Gasteiger charge is -2.15. The number of nitrogens with one attached hydrogen (secondary N) is 2. The third-order valence-electron chi connectivity index (χ3n) is 4.44. The van der Waals surface area contributed by atoms with Gasteiger partial charge in [-0.3, -0.25) is 10.1 Å². The van der Waals surface area contributed by atoms with Crippen LogP contribution in [0.15, 0.2) is 47.5 Å². The summed E-state index contributed by atoms with van der Waals surface area (Å²) in [5, 5.41) is 6.52. The number of methoxy groups -OCH3 is 1. The zero-order chi connectivity index (χ0) is 19.9. The Hall–Kier alpha value is -2.57. The van der Waals surface area contributed by atoms with Gasteiger partial charge in [0.2, 0.25) is 5.96 Å². The van der Waals surface area contributed by atoms with E-state index in [1.54, 1.807) is 37.4 Å².